The lowest BCUT2D eigenvalue weighted by Gasteiger charge is -2.41. The molecule has 0 spiro atoms. The number of methoxy groups -OCH3 is 1. The fraction of sp³-hybridized carbons (Fsp3) is 0.604. The monoisotopic (exact) mass is 2020 g/mol. The summed E-state index contributed by atoms with van der Waals surface area (Å²) in [5, 5.41) is 12.0. The first kappa shape index (κ1) is 106. The fourth-order valence-electron chi connectivity index (χ4n) is 26.9. The highest BCUT2D eigenvalue weighted by atomic mass is 19.1. The van der Waals surface area contributed by atoms with Crippen molar-refractivity contribution in [3.05, 3.63) is 211 Å². The lowest BCUT2D eigenvalue weighted by Crippen LogP contribution is -2.45. The van der Waals surface area contributed by atoms with E-state index in [9.17, 15) is 55.9 Å². The van der Waals surface area contributed by atoms with Crippen LogP contribution in [0, 0.1) is 51.0 Å². The van der Waals surface area contributed by atoms with Crippen molar-refractivity contribution in [3.63, 3.8) is 0 Å². The third-order valence-electron chi connectivity index (χ3n) is 33.5. The topological polar surface area (TPSA) is 310 Å². The van der Waals surface area contributed by atoms with Crippen LogP contribution in [0.25, 0.3) is 0 Å². The van der Waals surface area contributed by atoms with E-state index in [1.54, 1.807) is 62.9 Å². The third kappa shape index (κ3) is 24.4. The normalized spacial score (nSPS) is 24.2. The van der Waals surface area contributed by atoms with Gasteiger partial charge in [0.05, 0.1) is 93.4 Å². The number of aryl methyl sites for hydroxylation is 4. The van der Waals surface area contributed by atoms with Gasteiger partial charge < -0.3 is 73.3 Å². The Labute approximate surface area is 855 Å². The van der Waals surface area contributed by atoms with Crippen molar-refractivity contribution in [3.8, 4) is 0 Å². The number of nitrogens with one attached hydrogen (secondary N) is 4. The average molecular weight is 2020 g/mol. The van der Waals surface area contributed by atoms with Gasteiger partial charge >= 0.3 is 18.3 Å². The Balaban J connectivity index is 0.000000133. The van der Waals surface area contributed by atoms with Gasteiger partial charge in [0.1, 0.15) is 46.6 Å². The van der Waals surface area contributed by atoms with E-state index in [0.717, 1.165) is 204 Å². The van der Waals surface area contributed by atoms with E-state index >= 15 is 0 Å². The number of carbonyl (C=O) groups is 8. The minimum atomic E-state index is -0.505. The van der Waals surface area contributed by atoms with Crippen molar-refractivity contribution in [1.29, 1.82) is 0 Å². The van der Waals surface area contributed by atoms with Crippen LogP contribution in [-0.4, -0.2) is 246 Å². The highest BCUT2D eigenvalue weighted by Gasteiger charge is 2.49. The molecule has 8 bridgehead atoms. The molecule has 12 aliphatic heterocycles. The van der Waals surface area contributed by atoms with E-state index in [1.165, 1.54) is 131 Å². The molecule has 8 aromatic rings. The van der Waals surface area contributed by atoms with Crippen LogP contribution in [0.1, 0.15) is 323 Å². The predicted octanol–water partition coefficient (Wildman–Crippen LogP) is 16.5. The van der Waals surface area contributed by atoms with E-state index in [2.05, 4.69) is 86.8 Å². The van der Waals surface area contributed by atoms with Crippen LogP contribution < -0.4 is 21.3 Å². The van der Waals surface area contributed by atoms with Crippen LogP contribution in [0.5, 0.6) is 0 Å². The molecule has 12 atom stereocenters. The Bertz CT molecular complexity index is 5750. The lowest BCUT2D eigenvalue weighted by atomic mass is 9.94. The van der Waals surface area contributed by atoms with Crippen molar-refractivity contribution in [2.45, 2.75) is 360 Å². The average Bonchev–Trinajstić information content (AvgIpc) is 1.62. The molecular formula is C111H150F4N20O11. The highest BCUT2D eigenvalue weighted by molar-refractivity contribution is 5.77. The van der Waals surface area contributed by atoms with Gasteiger partial charge in [0.2, 0.25) is 29.5 Å². The number of halogens is 4. The number of ether oxygens (including phenoxy) is 3. The van der Waals surface area contributed by atoms with Crippen LogP contribution in [-0.2, 0) is 90.0 Å². The number of fused-ring (bicyclic) bond motifs is 12. The molecule has 788 valence electrons. The van der Waals surface area contributed by atoms with E-state index < -0.39 is 12.2 Å². The number of carbonyl (C=O) groups excluding carboxylic acids is 8. The first-order valence-corrected chi connectivity index (χ1v) is 53.7. The van der Waals surface area contributed by atoms with E-state index in [1.807, 2.05) is 52.8 Å². The molecule has 4 N–H and O–H groups in total. The number of imidazole rings is 4. The number of hydrogen-bond acceptors (Lipinski definition) is 19. The maximum Gasteiger partial charge on any atom is 0.410 e. The molecule has 8 amide bonds. The molecule has 20 rings (SSSR count). The molecule has 0 saturated carbocycles. The molecule has 8 unspecified atom stereocenters. The summed E-state index contributed by atoms with van der Waals surface area (Å²) >= 11 is 0. The summed E-state index contributed by atoms with van der Waals surface area (Å²) in [6.07, 6.45) is 23.6. The second kappa shape index (κ2) is 47.3. The smallest absolute Gasteiger partial charge is 0.410 e. The maximum atomic E-state index is 14.0. The van der Waals surface area contributed by atoms with Gasteiger partial charge in [-0.1, -0.05) is 55.5 Å². The number of alkyl carbamates (subject to hydrolysis) is 2. The first-order valence-electron chi connectivity index (χ1n) is 53.7. The largest absolute Gasteiger partial charge is 0.453 e. The SMILES string of the molecule is CCC(=O)N[C@@H](CCN1C2CCC1CC(n1c(C)nc3c1CCN(C(C)=O)C3)C2)c1cccc(F)c1.CCOC(=O)N1CCc2c(nc(C)n2C2CC3CCC(C2)N3CC[C@H](NC(C)=O)c2cccc(F)c2)C1.CCOC(=O)N[C@@H](CCN1C2CCC1CC(n1c(C)nc3c1CCN(C(C)=O)C3)C2)c1cccc(F)c1.COC(=O)N[C@@H](CCN1C2CCC1CC(n1c(C)nc3c1CCN(C(C)=O)C3)C2)c1cccc(F)c1. The van der Waals surface area contributed by atoms with E-state index in [0.29, 0.717) is 138 Å². The molecule has 8 fully saturated rings. The van der Waals surface area contributed by atoms with Crippen LogP contribution in [0.4, 0.5) is 31.9 Å². The molecule has 0 radical (unpaired) electrons. The maximum absolute atomic E-state index is 14.0. The summed E-state index contributed by atoms with van der Waals surface area (Å²) in [4.78, 5) is 133. The summed E-state index contributed by atoms with van der Waals surface area (Å²) in [5.41, 5.74) is 12.5. The quantitative estimate of drug-likeness (QED) is 0.0275. The summed E-state index contributed by atoms with van der Waals surface area (Å²) in [7, 11) is 1.34. The van der Waals surface area contributed by atoms with Crippen LogP contribution >= 0.6 is 0 Å². The van der Waals surface area contributed by atoms with Crippen molar-refractivity contribution >= 4 is 47.8 Å². The summed E-state index contributed by atoms with van der Waals surface area (Å²) in [5.74, 6) is 3.27. The minimum Gasteiger partial charge on any atom is -0.453 e. The van der Waals surface area contributed by atoms with Crippen molar-refractivity contribution < 1.29 is 70.1 Å². The molecule has 8 saturated heterocycles. The second-order valence-corrected chi connectivity index (χ2v) is 42.3. The zero-order valence-electron chi connectivity index (χ0n) is 87.2. The molecule has 146 heavy (non-hydrogen) atoms. The van der Waals surface area contributed by atoms with Gasteiger partial charge in [-0.25, -0.2) is 51.9 Å². The molecule has 31 nitrogen and oxygen atoms in total. The Morgan fingerprint density at radius 2 is 0.610 bits per heavy atom. The number of piperidine rings is 4. The van der Waals surface area contributed by atoms with Gasteiger partial charge in [-0.2, -0.15) is 0 Å². The Morgan fingerprint density at radius 1 is 0.349 bits per heavy atom. The second-order valence-electron chi connectivity index (χ2n) is 42.3. The number of hydrogen-bond donors (Lipinski definition) is 4. The Morgan fingerprint density at radius 3 is 0.863 bits per heavy atom. The molecule has 16 heterocycles. The van der Waals surface area contributed by atoms with E-state index in [-0.39, 0.29) is 83.1 Å². The molecule has 12 aliphatic rings. The molecule has 35 heteroatoms. The van der Waals surface area contributed by atoms with Crippen molar-refractivity contribution in [2.24, 2.45) is 0 Å². The minimum absolute atomic E-state index is 0.00497. The van der Waals surface area contributed by atoms with Gasteiger partial charge in [-0.05, 0) is 241 Å². The summed E-state index contributed by atoms with van der Waals surface area (Å²) in [6, 6.07) is 30.7. The van der Waals surface area contributed by atoms with Crippen molar-refractivity contribution in [2.75, 3.05) is 72.7 Å². The number of nitrogens with zero attached hydrogens (tertiary/aromatic N) is 16. The van der Waals surface area contributed by atoms with Crippen LogP contribution in [0.2, 0.25) is 0 Å². The standard InChI is InChI=1S/2C28H38FN5O3.C28H38FN5O2.C27H36FN5O3/c1-4-37-28(36)31-25(20-6-5-7-21(29)14-20)10-13-33-22-8-9-23(33)16-24(15-22)34-18(2)30-26-17-32(19(3)35)12-11-27(26)34;1-4-37-28(36)32-12-11-27-26(17-32)30-18(2)34(27)24-15-22-8-9-23(16-24)33(22)13-10-25(31-19(3)35)20-6-5-7-21(29)14-20;1-4-28(36)31-25(20-6-5-7-21(29)14-20)10-13-33-22-8-9-23(33)16-24(15-22)34-18(2)30-26-17-32(19(3)35)12-11-27(26)34;1-17-29-25-16-31(18(2)34)11-10-26(25)33(17)23-14-21-7-8-22(15-23)32(21)12-9-24(30-27(35)36-3)19-5-4-6-20(28)13-19/h5-7,14,22-25H,4,8-13,15-17H2,1-3H3,(H,31,36);5-7,14,22-25H,4,8-13,15-17H2,1-3H3,(H,31,35);5-7,14,22-25H,4,8-13,15-17H2,1-3H3,(H,31,36);4-6,13,21-24H,7-12,14-16H2,1-3H3,(H,30,35)/t3*22?,23?,24?,25-;21?,22?,23?,24-/m0000/s1. The molecular weight excluding hydrogens is 1870 g/mol. The molecule has 4 aromatic carbocycles. The summed E-state index contributed by atoms with van der Waals surface area (Å²) in [6.45, 7) is 29.6. The molecule has 4 aromatic heterocycles. The first-order chi connectivity index (χ1) is 70.3. The van der Waals surface area contributed by atoms with Crippen LogP contribution in [0.15, 0.2) is 97.1 Å². The number of rotatable bonds is 27. The van der Waals surface area contributed by atoms with Gasteiger partial charge in [0.25, 0.3) is 0 Å². The van der Waals surface area contributed by atoms with E-state index in [4.69, 9.17) is 34.1 Å². The lowest BCUT2D eigenvalue weighted by molar-refractivity contribution is -0.130. The number of amides is 8. The zero-order chi connectivity index (χ0) is 103. The Hall–Kier alpha value is -11.6. The predicted molar refractivity (Wildman–Crippen MR) is 544 cm³/mol. The van der Waals surface area contributed by atoms with Gasteiger partial charge in [0.15, 0.2) is 0 Å². The highest BCUT2D eigenvalue weighted by Crippen LogP contribution is 2.49. The van der Waals surface area contributed by atoms with Gasteiger partial charge in [-0.15, -0.1) is 0 Å². The third-order valence-corrected chi connectivity index (χ3v) is 33.5. The van der Waals surface area contributed by atoms with Gasteiger partial charge in [0, 0.05) is 207 Å². The summed E-state index contributed by atoms with van der Waals surface area (Å²) < 4.78 is 80.6. The fourth-order valence-corrected chi connectivity index (χ4v) is 26.9. The van der Waals surface area contributed by atoms with Crippen LogP contribution in [0.3, 0.4) is 0 Å². The van der Waals surface area contributed by atoms with Crippen molar-refractivity contribution in [1.82, 2.24) is 98.7 Å². The Kier molecular flexibility index (Phi) is 34.3. The van der Waals surface area contributed by atoms with Gasteiger partial charge in [-0.3, -0.25) is 43.6 Å². The number of benzene rings is 4. The number of aromatic nitrogens is 8. The molecule has 0 aliphatic carbocycles. The zero-order valence-corrected chi connectivity index (χ0v) is 87.2.